The van der Waals surface area contributed by atoms with Gasteiger partial charge in [-0.2, -0.15) is 0 Å². The molecule has 2 aromatic rings. The van der Waals surface area contributed by atoms with Crippen molar-refractivity contribution >= 4 is 23.1 Å². The van der Waals surface area contributed by atoms with Crippen LogP contribution in [0.5, 0.6) is 11.5 Å². The number of rotatable bonds is 4. The average molecular weight is 280 g/mol. The first kappa shape index (κ1) is 13.4. The number of aryl methyl sites for hydroxylation is 1. The molecule has 5 nitrogen and oxygen atoms in total. The topological polar surface area (TPSA) is 56.3 Å². The van der Waals surface area contributed by atoms with E-state index in [0.29, 0.717) is 11.6 Å². The summed E-state index contributed by atoms with van der Waals surface area (Å²) in [5, 5.41) is 3.36. The number of nitrogens with one attached hydrogen (secondary N) is 1. The molecule has 0 atom stereocenters. The fourth-order valence-electron chi connectivity index (χ4n) is 1.58. The molecule has 1 heterocycles. The Morgan fingerprint density at radius 1 is 1.21 bits per heavy atom. The fraction of sp³-hybridized carbons (Fsp3) is 0.231. The van der Waals surface area contributed by atoms with Crippen LogP contribution in [0.25, 0.3) is 0 Å². The Hall–Kier alpha value is -2.01. The van der Waals surface area contributed by atoms with Crippen molar-refractivity contribution in [3.8, 4) is 11.5 Å². The maximum atomic E-state index is 5.79. The van der Waals surface area contributed by atoms with E-state index < -0.39 is 0 Å². The number of anilines is 2. The zero-order valence-electron chi connectivity index (χ0n) is 10.9. The molecule has 0 radical (unpaired) electrons. The summed E-state index contributed by atoms with van der Waals surface area (Å²) in [7, 11) is 3.20. The monoisotopic (exact) mass is 279 g/mol. The van der Waals surface area contributed by atoms with Crippen molar-refractivity contribution in [3.05, 3.63) is 35.2 Å². The summed E-state index contributed by atoms with van der Waals surface area (Å²) in [5.41, 5.74) is 1.67. The van der Waals surface area contributed by atoms with Crippen LogP contribution in [0, 0.1) is 6.92 Å². The van der Waals surface area contributed by atoms with Crippen molar-refractivity contribution in [2.75, 3.05) is 19.5 Å². The van der Waals surface area contributed by atoms with E-state index in [1.54, 1.807) is 26.5 Å². The normalized spacial score (nSPS) is 10.1. The quantitative estimate of drug-likeness (QED) is 0.871. The molecule has 6 heteroatoms. The van der Waals surface area contributed by atoms with Gasteiger partial charge in [0.2, 0.25) is 5.28 Å². The number of nitrogens with zero attached hydrogens (tertiary/aromatic N) is 2. The first-order chi connectivity index (χ1) is 9.13. The summed E-state index contributed by atoms with van der Waals surface area (Å²) in [4.78, 5) is 8.06. The molecule has 0 aliphatic carbocycles. The van der Waals surface area contributed by atoms with E-state index in [0.717, 1.165) is 17.0 Å². The number of methoxy groups -OCH3 is 2. The minimum absolute atomic E-state index is 0.195. The number of hydrogen-bond acceptors (Lipinski definition) is 5. The van der Waals surface area contributed by atoms with Gasteiger partial charge in [-0.25, -0.2) is 9.97 Å². The largest absolute Gasteiger partial charge is 0.497 e. The molecule has 2 rings (SSSR count). The molecule has 0 fully saturated rings. The summed E-state index contributed by atoms with van der Waals surface area (Å²) < 4.78 is 10.5. The molecule has 1 aromatic heterocycles. The van der Waals surface area contributed by atoms with Crippen LogP contribution in [0.2, 0.25) is 5.28 Å². The van der Waals surface area contributed by atoms with E-state index in [9.17, 15) is 0 Å². The van der Waals surface area contributed by atoms with Gasteiger partial charge in [-0.15, -0.1) is 0 Å². The first-order valence-electron chi connectivity index (χ1n) is 5.62. The summed E-state index contributed by atoms with van der Waals surface area (Å²) in [6.45, 7) is 1.90. The summed E-state index contributed by atoms with van der Waals surface area (Å²) in [6, 6.07) is 5.48. The van der Waals surface area contributed by atoms with Gasteiger partial charge in [0.05, 0.1) is 19.9 Å². The number of hydrogen-bond donors (Lipinski definition) is 1. The summed E-state index contributed by atoms with van der Waals surface area (Å²) in [6.07, 6.45) is 1.66. The molecule has 0 aliphatic heterocycles. The van der Waals surface area contributed by atoms with E-state index in [-0.39, 0.29) is 5.28 Å². The van der Waals surface area contributed by atoms with Gasteiger partial charge < -0.3 is 14.8 Å². The standard InChI is InChI=1S/C13H14ClN3O2/c1-8-7-15-13(14)17-12(8)16-10-5-4-9(18-2)6-11(10)19-3/h4-7H,1-3H3,(H,15,16,17). The first-order valence-corrected chi connectivity index (χ1v) is 6.00. The third-order valence-electron chi connectivity index (χ3n) is 2.60. The Morgan fingerprint density at radius 3 is 2.68 bits per heavy atom. The molecule has 0 unspecified atom stereocenters. The minimum atomic E-state index is 0.195. The highest BCUT2D eigenvalue weighted by atomic mass is 35.5. The number of aromatic nitrogens is 2. The van der Waals surface area contributed by atoms with Gasteiger partial charge in [-0.3, -0.25) is 0 Å². The second kappa shape index (κ2) is 5.75. The van der Waals surface area contributed by atoms with Crippen LogP contribution in [-0.2, 0) is 0 Å². The molecule has 0 bridgehead atoms. The molecule has 0 amide bonds. The lowest BCUT2D eigenvalue weighted by Gasteiger charge is -2.13. The van der Waals surface area contributed by atoms with Crippen molar-refractivity contribution in [1.82, 2.24) is 9.97 Å². The molecule has 100 valence electrons. The second-order valence-electron chi connectivity index (χ2n) is 3.86. The zero-order chi connectivity index (χ0) is 13.8. The van der Waals surface area contributed by atoms with Gasteiger partial charge in [0.1, 0.15) is 17.3 Å². The number of ether oxygens (including phenoxy) is 2. The van der Waals surface area contributed by atoms with Gasteiger partial charge in [0, 0.05) is 17.8 Å². The van der Waals surface area contributed by atoms with Gasteiger partial charge >= 0.3 is 0 Å². The maximum Gasteiger partial charge on any atom is 0.224 e. The van der Waals surface area contributed by atoms with E-state index >= 15 is 0 Å². The lowest BCUT2D eigenvalue weighted by Crippen LogP contribution is -2.00. The van der Waals surface area contributed by atoms with E-state index in [1.807, 2.05) is 19.1 Å². The van der Waals surface area contributed by atoms with Gasteiger partial charge in [0.25, 0.3) is 0 Å². The highest BCUT2D eigenvalue weighted by molar-refractivity contribution is 6.28. The highest BCUT2D eigenvalue weighted by Gasteiger charge is 2.08. The lowest BCUT2D eigenvalue weighted by molar-refractivity contribution is 0.395. The van der Waals surface area contributed by atoms with Crippen LogP contribution in [0.15, 0.2) is 24.4 Å². The van der Waals surface area contributed by atoms with Crippen molar-refractivity contribution < 1.29 is 9.47 Å². The van der Waals surface area contributed by atoms with Crippen molar-refractivity contribution in [3.63, 3.8) is 0 Å². The molecule has 0 saturated heterocycles. The van der Waals surface area contributed by atoms with Gasteiger partial charge in [-0.05, 0) is 30.7 Å². The smallest absolute Gasteiger partial charge is 0.224 e. The Kier molecular flexibility index (Phi) is 4.06. The zero-order valence-corrected chi connectivity index (χ0v) is 11.7. The molecule has 1 aromatic carbocycles. The predicted octanol–water partition coefficient (Wildman–Crippen LogP) is 3.20. The molecule has 0 aliphatic rings. The molecular formula is C13H14ClN3O2. The van der Waals surface area contributed by atoms with Gasteiger partial charge in [0.15, 0.2) is 0 Å². The van der Waals surface area contributed by atoms with Crippen molar-refractivity contribution in [2.45, 2.75) is 6.92 Å². The second-order valence-corrected chi connectivity index (χ2v) is 4.20. The molecule has 19 heavy (non-hydrogen) atoms. The lowest BCUT2D eigenvalue weighted by atomic mass is 10.2. The van der Waals surface area contributed by atoms with Crippen LogP contribution < -0.4 is 14.8 Å². The third kappa shape index (κ3) is 3.06. The molecule has 0 spiro atoms. The van der Waals surface area contributed by atoms with Crippen LogP contribution >= 0.6 is 11.6 Å². The average Bonchev–Trinajstić information content (AvgIpc) is 2.43. The third-order valence-corrected chi connectivity index (χ3v) is 2.79. The van der Waals surface area contributed by atoms with Crippen molar-refractivity contribution in [2.24, 2.45) is 0 Å². The molecule has 1 N–H and O–H groups in total. The molecule has 0 saturated carbocycles. The highest BCUT2D eigenvalue weighted by Crippen LogP contribution is 2.31. The summed E-state index contributed by atoms with van der Waals surface area (Å²) >= 11 is 5.79. The fourth-order valence-corrected chi connectivity index (χ4v) is 1.71. The Bertz CT molecular complexity index is 590. The SMILES string of the molecule is COc1ccc(Nc2nc(Cl)ncc2C)c(OC)c1. The van der Waals surface area contributed by atoms with Crippen molar-refractivity contribution in [1.29, 1.82) is 0 Å². The number of benzene rings is 1. The van der Waals surface area contributed by atoms with Crippen LogP contribution in [-0.4, -0.2) is 24.2 Å². The molecular weight excluding hydrogens is 266 g/mol. The summed E-state index contributed by atoms with van der Waals surface area (Å²) in [5.74, 6) is 2.02. The van der Waals surface area contributed by atoms with Crippen LogP contribution in [0.4, 0.5) is 11.5 Å². The Labute approximate surface area is 116 Å². The van der Waals surface area contributed by atoms with E-state index in [2.05, 4.69) is 15.3 Å². The maximum absolute atomic E-state index is 5.79. The van der Waals surface area contributed by atoms with E-state index in [1.165, 1.54) is 0 Å². The number of halogens is 1. The van der Waals surface area contributed by atoms with E-state index in [4.69, 9.17) is 21.1 Å². The predicted molar refractivity (Wildman–Crippen MR) is 74.6 cm³/mol. The Balaban J connectivity index is 2.35. The minimum Gasteiger partial charge on any atom is -0.497 e. The van der Waals surface area contributed by atoms with Crippen LogP contribution in [0.3, 0.4) is 0 Å². The Morgan fingerprint density at radius 2 is 2.00 bits per heavy atom. The van der Waals surface area contributed by atoms with Crippen LogP contribution in [0.1, 0.15) is 5.56 Å². The van der Waals surface area contributed by atoms with Gasteiger partial charge in [-0.1, -0.05) is 0 Å².